The summed E-state index contributed by atoms with van der Waals surface area (Å²) in [6, 6.07) is 0. The third kappa shape index (κ3) is 2.35. The second-order valence-corrected chi connectivity index (χ2v) is 5.39. The Labute approximate surface area is 90.6 Å². The van der Waals surface area contributed by atoms with Crippen molar-refractivity contribution in [2.75, 3.05) is 0 Å². The Morgan fingerprint density at radius 3 is 2.86 bits per heavy atom. The second kappa shape index (κ2) is 4.92. The molecule has 0 saturated heterocycles. The van der Waals surface area contributed by atoms with Crippen molar-refractivity contribution < 1.29 is 0 Å². The molecule has 0 radical (unpaired) electrons. The third-order valence-corrected chi connectivity index (χ3v) is 4.26. The summed E-state index contributed by atoms with van der Waals surface area (Å²) in [5.74, 6) is 0.840. The number of thiazole rings is 1. The maximum atomic E-state index is 4.50. The number of hydrogen-bond acceptors (Lipinski definition) is 2. The first-order valence-electron chi connectivity index (χ1n) is 5.84. The molecule has 0 bridgehead atoms. The lowest BCUT2D eigenvalue weighted by Gasteiger charge is -2.19. The van der Waals surface area contributed by atoms with E-state index in [9.17, 15) is 0 Å². The minimum absolute atomic E-state index is 0.840. The fourth-order valence-corrected chi connectivity index (χ4v) is 3.42. The SMILES string of the molecule is CCCc1ncc(C2CCCCC2)s1. The molecule has 2 rings (SSSR count). The maximum Gasteiger partial charge on any atom is 0.0927 e. The van der Waals surface area contributed by atoms with Crippen LogP contribution < -0.4 is 0 Å². The minimum atomic E-state index is 0.840. The standard InChI is InChI=1S/C12H19NS/c1-2-6-12-13-9-11(14-12)10-7-4-3-5-8-10/h9-10H,2-8H2,1H3. The largest absolute Gasteiger partial charge is 0.249 e. The predicted octanol–water partition coefficient (Wildman–Crippen LogP) is 4.14. The van der Waals surface area contributed by atoms with Crippen LogP contribution in [0, 0.1) is 0 Å². The molecule has 0 atom stereocenters. The van der Waals surface area contributed by atoms with E-state index in [4.69, 9.17) is 0 Å². The van der Waals surface area contributed by atoms with Crippen LogP contribution in [0.2, 0.25) is 0 Å². The van der Waals surface area contributed by atoms with Gasteiger partial charge in [-0.3, -0.25) is 0 Å². The second-order valence-electron chi connectivity index (χ2n) is 4.24. The maximum absolute atomic E-state index is 4.50. The zero-order chi connectivity index (χ0) is 9.80. The lowest BCUT2D eigenvalue weighted by atomic mass is 9.89. The molecular weight excluding hydrogens is 190 g/mol. The number of aryl methyl sites for hydroxylation is 1. The van der Waals surface area contributed by atoms with Crippen molar-refractivity contribution in [1.29, 1.82) is 0 Å². The van der Waals surface area contributed by atoms with Gasteiger partial charge in [-0.15, -0.1) is 11.3 Å². The molecule has 0 spiro atoms. The highest BCUT2D eigenvalue weighted by Crippen LogP contribution is 2.35. The molecule has 0 aliphatic heterocycles. The molecule has 0 unspecified atom stereocenters. The van der Waals surface area contributed by atoms with E-state index in [-0.39, 0.29) is 0 Å². The lowest BCUT2D eigenvalue weighted by Crippen LogP contribution is -2.02. The quantitative estimate of drug-likeness (QED) is 0.729. The van der Waals surface area contributed by atoms with Gasteiger partial charge in [0.25, 0.3) is 0 Å². The Kier molecular flexibility index (Phi) is 3.57. The van der Waals surface area contributed by atoms with Crippen LogP contribution in [-0.4, -0.2) is 4.98 Å². The molecule has 1 heterocycles. The fraction of sp³-hybridized carbons (Fsp3) is 0.750. The normalized spacial score (nSPS) is 18.6. The van der Waals surface area contributed by atoms with Gasteiger partial charge >= 0.3 is 0 Å². The Bertz CT molecular complexity index is 274. The summed E-state index contributed by atoms with van der Waals surface area (Å²) in [6.07, 6.45) is 11.6. The summed E-state index contributed by atoms with van der Waals surface area (Å²) in [7, 11) is 0. The van der Waals surface area contributed by atoms with Crippen LogP contribution in [0.4, 0.5) is 0 Å². The molecule has 78 valence electrons. The van der Waals surface area contributed by atoms with E-state index in [0.29, 0.717) is 0 Å². The zero-order valence-electron chi connectivity index (χ0n) is 8.96. The summed E-state index contributed by atoms with van der Waals surface area (Å²) in [5.41, 5.74) is 0. The predicted molar refractivity (Wildman–Crippen MR) is 61.9 cm³/mol. The molecular formula is C12H19NS. The van der Waals surface area contributed by atoms with Gasteiger partial charge in [-0.25, -0.2) is 4.98 Å². The highest BCUT2D eigenvalue weighted by atomic mass is 32.1. The van der Waals surface area contributed by atoms with E-state index in [1.54, 1.807) is 4.88 Å². The van der Waals surface area contributed by atoms with Gasteiger partial charge in [0.05, 0.1) is 5.01 Å². The van der Waals surface area contributed by atoms with Gasteiger partial charge in [0.15, 0.2) is 0 Å². The highest BCUT2D eigenvalue weighted by molar-refractivity contribution is 7.11. The Hall–Kier alpha value is -0.370. The Morgan fingerprint density at radius 1 is 1.36 bits per heavy atom. The number of aromatic nitrogens is 1. The molecule has 1 aromatic heterocycles. The van der Waals surface area contributed by atoms with E-state index < -0.39 is 0 Å². The van der Waals surface area contributed by atoms with Gasteiger partial charge in [-0.1, -0.05) is 26.2 Å². The van der Waals surface area contributed by atoms with Gasteiger partial charge in [0, 0.05) is 11.1 Å². The first-order chi connectivity index (χ1) is 6.90. The van der Waals surface area contributed by atoms with Gasteiger partial charge in [0.1, 0.15) is 0 Å². The van der Waals surface area contributed by atoms with E-state index in [1.165, 1.54) is 43.5 Å². The summed E-state index contributed by atoms with van der Waals surface area (Å²) in [4.78, 5) is 6.05. The molecule has 0 N–H and O–H groups in total. The summed E-state index contributed by atoms with van der Waals surface area (Å²) in [6.45, 7) is 2.22. The highest BCUT2D eigenvalue weighted by Gasteiger charge is 2.17. The van der Waals surface area contributed by atoms with Gasteiger partial charge in [0.2, 0.25) is 0 Å². The van der Waals surface area contributed by atoms with Crippen LogP contribution >= 0.6 is 11.3 Å². The molecule has 1 aliphatic rings. The average molecular weight is 209 g/mol. The minimum Gasteiger partial charge on any atom is -0.249 e. The van der Waals surface area contributed by atoms with Crippen molar-refractivity contribution in [2.45, 2.75) is 57.8 Å². The molecule has 1 aromatic rings. The number of nitrogens with zero attached hydrogens (tertiary/aromatic N) is 1. The summed E-state index contributed by atoms with van der Waals surface area (Å²) >= 11 is 1.95. The Morgan fingerprint density at radius 2 is 2.14 bits per heavy atom. The zero-order valence-corrected chi connectivity index (χ0v) is 9.78. The first kappa shape index (κ1) is 10.2. The topological polar surface area (TPSA) is 12.9 Å². The lowest BCUT2D eigenvalue weighted by molar-refractivity contribution is 0.448. The van der Waals surface area contributed by atoms with Crippen molar-refractivity contribution in [3.8, 4) is 0 Å². The molecule has 1 fully saturated rings. The summed E-state index contributed by atoms with van der Waals surface area (Å²) < 4.78 is 0. The van der Waals surface area contributed by atoms with E-state index >= 15 is 0 Å². The molecule has 1 saturated carbocycles. The number of rotatable bonds is 3. The van der Waals surface area contributed by atoms with Gasteiger partial charge in [-0.05, 0) is 31.6 Å². The van der Waals surface area contributed by atoms with Crippen LogP contribution in [-0.2, 0) is 6.42 Å². The molecule has 0 amide bonds. The van der Waals surface area contributed by atoms with Crippen LogP contribution in [0.5, 0.6) is 0 Å². The van der Waals surface area contributed by atoms with Crippen molar-refractivity contribution >= 4 is 11.3 Å². The molecule has 1 aliphatic carbocycles. The van der Waals surface area contributed by atoms with Crippen molar-refractivity contribution in [2.24, 2.45) is 0 Å². The smallest absolute Gasteiger partial charge is 0.0927 e. The van der Waals surface area contributed by atoms with Crippen molar-refractivity contribution in [3.63, 3.8) is 0 Å². The molecule has 0 aromatic carbocycles. The van der Waals surface area contributed by atoms with Crippen LogP contribution in [0.1, 0.15) is 61.3 Å². The first-order valence-corrected chi connectivity index (χ1v) is 6.66. The van der Waals surface area contributed by atoms with Crippen LogP contribution in [0.25, 0.3) is 0 Å². The van der Waals surface area contributed by atoms with Crippen molar-refractivity contribution in [3.05, 3.63) is 16.1 Å². The van der Waals surface area contributed by atoms with Gasteiger partial charge < -0.3 is 0 Å². The van der Waals surface area contributed by atoms with E-state index in [2.05, 4.69) is 18.1 Å². The van der Waals surface area contributed by atoms with Crippen LogP contribution in [0.3, 0.4) is 0 Å². The average Bonchev–Trinajstić information content (AvgIpc) is 2.68. The molecule has 14 heavy (non-hydrogen) atoms. The van der Waals surface area contributed by atoms with E-state index in [1.807, 2.05) is 11.3 Å². The monoisotopic (exact) mass is 209 g/mol. The van der Waals surface area contributed by atoms with Crippen LogP contribution in [0.15, 0.2) is 6.20 Å². The van der Waals surface area contributed by atoms with E-state index in [0.717, 1.165) is 12.3 Å². The number of hydrogen-bond donors (Lipinski definition) is 0. The fourth-order valence-electron chi connectivity index (χ4n) is 2.23. The molecule has 1 nitrogen and oxygen atoms in total. The summed E-state index contributed by atoms with van der Waals surface area (Å²) in [5, 5.41) is 1.34. The van der Waals surface area contributed by atoms with Gasteiger partial charge in [-0.2, -0.15) is 0 Å². The third-order valence-electron chi connectivity index (χ3n) is 3.04. The molecule has 2 heteroatoms. The Balaban J connectivity index is 2.00. The van der Waals surface area contributed by atoms with Crippen molar-refractivity contribution in [1.82, 2.24) is 4.98 Å².